The molecule has 3 aromatic rings. The highest BCUT2D eigenvalue weighted by atomic mass is 32.2. The Labute approximate surface area is 158 Å². The molecule has 0 fully saturated rings. The smallest absolute Gasteiger partial charge is 0.263 e. The summed E-state index contributed by atoms with van der Waals surface area (Å²) < 4.78 is 51.2. The van der Waals surface area contributed by atoms with Crippen LogP contribution < -0.4 is 10.3 Å². The summed E-state index contributed by atoms with van der Waals surface area (Å²) in [5, 5.41) is 0.902. The number of rotatable bonds is 6. The van der Waals surface area contributed by atoms with Crippen molar-refractivity contribution < 1.29 is 22.0 Å². The summed E-state index contributed by atoms with van der Waals surface area (Å²) in [5.74, 6) is -3.33. The topological polar surface area (TPSA) is 88.2 Å². The summed E-state index contributed by atoms with van der Waals surface area (Å²) in [6.45, 7) is 0. The first kappa shape index (κ1) is 19.2. The van der Waals surface area contributed by atoms with Crippen LogP contribution in [0.25, 0.3) is 10.9 Å². The number of nitrogens with one attached hydrogen (secondary N) is 2. The van der Waals surface area contributed by atoms with Gasteiger partial charge in [0, 0.05) is 16.5 Å². The Bertz CT molecular complexity index is 1080. The fourth-order valence-electron chi connectivity index (χ4n) is 2.29. The number of pyridine rings is 1. The van der Waals surface area contributed by atoms with Crippen molar-refractivity contribution >= 4 is 38.6 Å². The average Bonchev–Trinajstić information content (AvgIpc) is 2.64. The number of carbonyl (C=O) groups excluding carboxylic acids is 1. The van der Waals surface area contributed by atoms with E-state index in [0.717, 1.165) is 40.2 Å². The molecule has 3 rings (SSSR count). The van der Waals surface area contributed by atoms with Crippen molar-refractivity contribution in [2.24, 2.45) is 0 Å². The molecule has 0 spiro atoms. The molecule has 6 nitrogen and oxygen atoms in total. The molecule has 0 saturated heterocycles. The second-order valence-electron chi connectivity index (χ2n) is 5.32. The third kappa shape index (κ3) is 4.41. The summed E-state index contributed by atoms with van der Waals surface area (Å²) in [6, 6.07) is 11.8. The summed E-state index contributed by atoms with van der Waals surface area (Å²) in [6.07, 6.45) is 1.63. The lowest BCUT2D eigenvalue weighted by Gasteiger charge is -2.10. The number of aromatic nitrogens is 1. The first-order chi connectivity index (χ1) is 12.9. The van der Waals surface area contributed by atoms with E-state index < -0.39 is 32.5 Å². The van der Waals surface area contributed by atoms with Gasteiger partial charge in [0.25, 0.3) is 10.0 Å². The lowest BCUT2D eigenvalue weighted by Crippen LogP contribution is -2.43. The molecule has 2 aromatic carbocycles. The number of amides is 1. The molecule has 27 heavy (non-hydrogen) atoms. The van der Waals surface area contributed by atoms with Gasteiger partial charge in [0.1, 0.15) is 11.6 Å². The molecule has 140 valence electrons. The van der Waals surface area contributed by atoms with Crippen LogP contribution in [0, 0.1) is 11.6 Å². The van der Waals surface area contributed by atoms with Gasteiger partial charge < -0.3 is 0 Å². The number of para-hydroxylation sites is 1. The molecule has 1 heterocycles. The van der Waals surface area contributed by atoms with E-state index >= 15 is 0 Å². The van der Waals surface area contributed by atoms with E-state index in [1.54, 1.807) is 23.2 Å². The molecule has 0 aliphatic rings. The lowest BCUT2D eigenvalue weighted by atomic mass is 10.2. The zero-order valence-corrected chi connectivity index (χ0v) is 15.3. The maximum Gasteiger partial charge on any atom is 0.263 e. The van der Waals surface area contributed by atoms with Crippen LogP contribution in [0.4, 0.5) is 8.78 Å². The van der Waals surface area contributed by atoms with E-state index in [9.17, 15) is 22.0 Å². The minimum atomic E-state index is -4.59. The molecule has 10 heteroatoms. The Balaban J connectivity index is 1.64. The molecule has 0 bridgehead atoms. The normalized spacial score (nSPS) is 11.5. The number of halogens is 2. The zero-order valence-electron chi connectivity index (χ0n) is 13.6. The van der Waals surface area contributed by atoms with E-state index in [4.69, 9.17) is 0 Å². The molecule has 0 radical (unpaired) electrons. The van der Waals surface area contributed by atoms with Crippen molar-refractivity contribution in [3.05, 3.63) is 66.4 Å². The van der Waals surface area contributed by atoms with E-state index in [1.165, 1.54) is 0 Å². The molecule has 0 atom stereocenters. The van der Waals surface area contributed by atoms with Crippen molar-refractivity contribution in [3.63, 3.8) is 0 Å². The second kappa shape index (κ2) is 7.99. The van der Waals surface area contributed by atoms with E-state index in [1.807, 2.05) is 23.6 Å². The average molecular weight is 409 g/mol. The van der Waals surface area contributed by atoms with Crippen LogP contribution in [0.5, 0.6) is 0 Å². The summed E-state index contributed by atoms with van der Waals surface area (Å²) >= 11 is 1.15. The Morgan fingerprint density at radius 3 is 2.44 bits per heavy atom. The van der Waals surface area contributed by atoms with Crippen molar-refractivity contribution in [1.29, 1.82) is 0 Å². The van der Waals surface area contributed by atoms with Gasteiger partial charge in [-0.3, -0.25) is 15.2 Å². The highest BCUT2D eigenvalue weighted by Gasteiger charge is 2.24. The van der Waals surface area contributed by atoms with Crippen LogP contribution in [0.1, 0.15) is 0 Å². The van der Waals surface area contributed by atoms with Crippen LogP contribution in [0.2, 0.25) is 0 Å². The largest absolute Gasteiger partial charge is 0.277 e. The fourth-order valence-corrected chi connectivity index (χ4v) is 4.13. The number of fused-ring (bicyclic) bond motifs is 1. The minimum Gasteiger partial charge on any atom is -0.277 e. The van der Waals surface area contributed by atoms with Gasteiger partial charge in [-0.2, -0.15) is 0 Å². The maximum absolute atomic E-state index is 13.6. The Morgan fingerprint density at radius 1 is 1.04 bits per heavy atom. The molecule has 2 N–H and O–H groups in total. The Hall–Kier alpha value is -2.56. The third-order valence-corrected chi connectivity index (χ3v) is 5.81. The maximum atomic E-state index is 13.6. The molecular formula is C17H13F2N3O3S2. The number of nitrogens with zero attached hydrogens (tertiary/aromatic N) is 1. The number of benzene rings is 2. The predicted molar refractivity (Wildman–Crippen MR) is 97.3 cm³/mol. The number of thioether (sulfide) groups is 1. The number of hydrogen-bond acceptors (Lipinski definition) is 5. The van der Waals surface area contributed by atoms with Crippen LogP contribution >= 0.6 is 11.8 Å². The quantitative estimate of drug-likeness (QED) is 0.483. The van der Waals surface area contributed by atoms with Gasteiger partial charge in [-0.25, -0.2) is 17.2 Å². The zero-order chi connectivity index (χ0) is 19.4. The summed E-state index contributed by atoms with van der Waals surface area (Å²) in [7, 11) is -4.59. The fraction of sp³-hybridized carbons (Fsp3) is 0.0588. The second-order valence-corrected chi connectivity index (χ2v) is 7.96. The highest BCUT2D eigenvalue weighted by molar-refractivity contribution is 8.00. The van der Waals surface area contributed by atoms with Crippen LogP contribution in [-0.2, 0) is 14.8 Å². The number of sulfonamides is 1. The minimum absolute atomic E-state index is 0.127. The van der Waals surface area contributed by atoms with Crippen molar-refractivity contribution in [1.82, 2.24) is 15.2 Å². The highest BCUT2D eigenvalue weighted by Crippen LogP contribution is 2.25. The Kier molecular flexibility index (Phi) is 5.68. The van der Waals surface area contributed by atoms with Gasteiger partial charge in [0.05, 0.1) is 11.3 Å². The summed E-state index contributed by atoms with van der Waals surface area (Å²) in [5.41, 5.74) is 2.66. The molecule has 1 amide bonds. The molecule has 0 aliphatic carbocycles. The van der Waals surface area contributed by atoms with Crippen molar-refractivity contribution in [2.45, 2.75) is 9.79 Å². The monoisotopic (exact) mass is 409 g/mol. The number of hydrazine groups is 1. The van der Waals surface area contributed by atoms with Crippen molar-refractivity contribution in [3.8, 4) is 0 Å². The van der Waals surface area contributed by atoms with Crippen LogP contribution in [0.15, 0.2) is 64.5 Å². The molecule has 0 unspecified atom stereocenters. The van der Waals surface area contributed by atoms with Gasteiger partial charge in [-0.15, -0.1) is 16.6 Å². The third-order valence-electron chi connectivity index (χ3n) is 3.47. The number of carbonyl (C=O) groups is 1. The standard InChI is InChI=1S/C17H13F2N3O3S2/c18-12-6-2-7-13(19)17(12)27(24,25)22-21-15(23)10-26-14-8-1-4-11-5-3-9-20-16(11)14/h1-9,22H,10H2,(H,21,23). The Morgan fingerprint density at radius 2 is 1.70 bits per heavy atom. The first-order valence-electron chi connectivity index (χ1n) is 7.60. The van der Waals surface area contributed by atoms with Crippen molar-refractivity contribution in [2.75, 3.05) is 5.75 Å². The van der Waals surface area contributed by atoms with Gasteiger partial charge in [-0.1, -0.05) is 24.3 Å². The van der Waals surface area contributed by atoms with Gasteiger partial charge >= 0.3 is 0 Å². The van der Waals surface area contributed by atoms with Gasteiger partial charge in [0.2, 0.25) is 5.91 Å². The predicted octanol–water partition coefficient (Wildman–Crippen LogP) is 2.61. The molecule has 0 saturated carbocycles. The molecule has 0 aliphatic heterocycles. The van der Waals surface area contributed by atoms with Gasteiger partial charge in [-0.05, 0) is 24.3 Å². The lowest BCUT2D eigenvalue weighted by molar-refractivity contribution is -0.119. The first-order valence-corrected chi connectivity index (χ1v) is 10.1. The van der Waals surface area contributed by atoms with E-state index in [0.29, 0.717) is 5.52 Å². The molecular weight excluding hydrogens is 396 g/mol. The summed E-state index contributed by atoms with van der Waals surface area (Å²) in [4.78, 5) is 17.5. The molecule has 1 aromatic heterocycles. The van der Waals surface area contributed by atoms with Crippen LogP contribution in [0.3, 0.4) is 0 Å². The SMILES string of the molecule is O=C(CSc1cccc2cccnc12)NNS(=O)(=O)c1c(F)cccc1F. The van der Waals surface area contributed by atoms with E-state index in [2.05, 4.69) is 4.98 Å². The van der Waals surface area contributed by atoms with E-state index in [-0.39, 0.29) is 5.75 Å². The van der Waals surface area contributed by atoms with Gasteiger partial charge in [0.15, 0.2) is 4.90 Å². The number of hydrogen-bond donors (Lipinski definition) is 2. The van der Waals surface area contributed by atoms with Crippen LogP contribution in [-0.4, -0.2) is 25.1 Å².